The standard InChI is InChI=1S/C13H21NS/c1-9(2)15-13-6-5-12(7-10(13)3)8-11(4)14/h5-7,9,11H,8,14H2,1-4H3. The van der Waals surface area contributed by atoms with Crippen LogP contribution in [0.1, 0.15) is 31.9 Å². The molecular weight excluding hydrogens is 202 g/mol. The summed E-state index contributed by atoms with van der Waals surface area (Å²) >= 11 is 1.92. The predicted molar refractivity (Wildman–Crippen MR) is 69.5 cm³/mol. The summed E-state index contributed by atoms with van der Waals surface area (Å²) in [5.41, 5.74) is 8.50. The maximum atomic E-state index is 5.79. The van der Waals surface area contributed by atoms with Gasteiger partial charge in [0.05, 0.1) is 0 Å². The number of thioether (sulfide) groups is 1. The Morgan fingerprint density at radius 1 is 1.27 bits per heavy atom. The summed E-state index contributed by atoms with van der Waals surface area (Å²) in [5, 5.41) is 0.642. The van der Waals surface area contributed by atoms with E-state index in [4.69, 9.17) is 5.73 Å². The molecule has 1 atom stereocenters. The molecule has 0 saturated heterocycles. The van der Waals surface area contributed by atoms with Crippen LogP contribution in [0.5, 0.6) is 0 Å². The lowest BCUT2D eigenvalue weighted by Crippen LogP contribution is -2.17. The maximum Gasteiger partial charge on any atom is 0.0104 e. The highest BCUT2D eigenvalue weighted by Crippen LogP contribution is 2.27. The minimum Gasteiger partial charge on any atom is -0.328 e. The van der Waals surface area contributed by atoms with E-state index in [0.717, 1.165) is 6.42 Å². The van der Waals surface area contributed by atoms with E-state index in [1.807, 2.05) is 18.7 Å². The summed E-state index contributed by atoms with van der Waals surface area (Å²) in [6.45, 7) is 8.67. The first kappa shape index (κ1) is 12.6. The Kier molecular flexibility index (Phi) is 4.68. The molecule has 0 radical (unpaired) electrons. The molecule has 0 spiro atoms. The van der Waals surface area contributed by atoms with Crippen molar-refractivity contribution in [1.82, 2.24) is 0 Å². The highest BCUT2D eigenvalue weighted by molar-refractivity contribution is 8.00. The van der Waals surface area contributed by atoms with E-state index >= 15 is 0 Å². The normalized spacial score (nSPS) is 13.2. The average Bonchev–Trinajstić information content (AvgIpc) is 2.08. The van der Waals surface area contributed by atoms with Crippen LogP contribution in [0.4, 0.5) is 0 Å². The summed E-state index contributed by atoms with van der Waals surface area (Å²) < 4.78 is 0. The van der Waals surface area contributed by atoms with E-state index in [-0.39, 0.29) is 6.04 Å². The first-order valence-corrected chi connectivity index (χ1v) is 6.38. The molecule has 1 rings (SSSR count). The molecule has 0 bridgehead atoms. The summed E-state index contributed by atoms with van der Waals surface area (Å²) in [5.74, 6) is 0. The van der Waals surface area contributed by atoms with Crippen molar-refractivity contribution in [3.05, 3.63) is 29.3 Å². The van der Waals surface area contributed by atoms with Crippen molar-refractivity contribution in [2.24, 2.45) is 5.73 Å². The van der Waals surface area contributed by atoms with Crippen molar-refractivity contribution in [1.29, 1.82) is 0 Å². The first-order valence-electron chi connectivity index (χ1n) is 5.51. The monoisotopic (exact) mass is 223 g/mol. The summed E-state index contributed by atoms with van der Waals surface area (Å²) in [6, 6.07) is 6.92. The Balaban J connectivity index is 2.78. The molecule has 1 aromatic rings. The molecule has 84 valence electrons. The zero-order chi connectivity index (χ0) is 11.4. The number of rotatable bonds is 4. The van der Waals surface area contributed by atoms with Crippen LogP contribution in [0.3, 0.4) is 0 Å². The molecule has 2 heteroatoms. The summed E-state index contributed by atoms with van der Waals surface area (Å²) in [6.07, 6.45) is 0.966. The zero-order valence-electron chi connectivity index (χ0n) is 10.1. The van der Waals surface area contributed by atoms with Crippen LogP contribution in [-0.4, -0.2) is 11.3 Å². The molecule has 0 aliphatic carbocycles. The van der Waals surface area contributed by atoms with Crippen LogP contribution in [0.15, 0.2) is 23.1 Å². The topological polar surface area (TPSA) is 26.0 Å². The van der Waals surface area contributed by atoms with Crippen LogP contribution in [0, 0.1) is 6.92 Å². The fraction of sp³-hybridized carbons (Fsp3) is 0.538. The molecule has 2 N–H and O–H groups in total. The van der Waals surface area contributed by atoms with Gasteiger partial charge in [-0.2, -0.15) is 0 Å². The molecule has 1 nitrogen and oxygen atoms in total. The molecule has 0 heterocycles. The molecule has 0 aliphatic heterocycles. The minimum absolute atomic E-state index is 0.244. The number of hydrogen-bond acceptors (Lipinski definition) is 2. The Bertz CT molecular complexity index is 318. The van der Waals surface area contributed by atoms with Crippen LogP contribution in [-0.2, 0) is 6.42 Å². The van der Waals surface area contributed by atoms with Gasteiger partial charge < -0.3 is 5.73 Å². The lowest BCUT2D eigenvalue weighted by atomic mass is 10.1. The summed E-state index contributed by atoms with van der Waals surface area (Å²) in [4.78, 5) is 1.39. The molecule has 0 fully saturated rings. The first-order chi connectivity index (χ1) is 6.99. The van der Waals surface area contributed by atoms with Crippen molar-refractivity contribution >= 4 is 11.8 Å². The Labute approximate surface area is 97.4 Å². The molecule has 1 unspecified atom stereocenters. The molecule has 0 saturated carbocycles. The third kappa shape index (κ3) is 4.27. The van der Waals surface area contributed by atoms with Gasteiger partial charge in [-0.15, -0.1) is 11.8 Å². The van der Waals surface area contributed by atoms with Crippen molar-refractivity contribution in [3.63, 3.8) is 0 Å². The Morgan fingerprint density at radius 2 is 1.93 bits per heavy atom. The van der Waals surface area contributed by atoms with Gasteiger partial charge in [0.1, 0.15) is 0 Å². The number of nitrogens with two attached hydrogens (primary N) is 1. The molecule has 15 heavy (non-hydrogen) atoms. The van der Waals surface area contributed by atoms with Crippen LogP contribution in [0.25, 0.3) is 0 Å². The molecule has 1 aromatic carbocycles. The minimum atomic E-state index is 0.244. The van der Waals surface area contributed by atoms with Gasteiger partial charge in [-0.3, -0.25) is 0 Å². The van der Waals surface area contributed by atoms with Crippen LogP contribution < -0.4 is 5.73 Å². The van der Waals surface area contributed by atoms with Crippen LogP contribution in [0.2, 0.25) is 0 Å². The van der Waals surface area contributed by atoms with E-state index in [0.29, 0.717) is 5.25 Å². The van der Waals surface area contributed by atoms with Gasteiger partial charge in [0.15, 0.2) is 0 Å². The lowest BCUT2D eigenvalue weighted by molar-refractivity contribution is 0.737. The fourth-order valence-electron chi connectivity index (χ4n) is 1.60. The largest absolute Gasteiger partial charge is 0.328 e. The van der Waals surface area contributed by atoms with E-state index in [2.05, 4.69) is 39.0 Å². The second-order valence-corrected chi connectivity index (χ2v) is 6.07. The number of aryl methyl sites for hydroxylation is 1. The zero-order valence-corrected chi connectivity index (χ0v) is 10.9. The predicted octanol–water partition coefficient (Wildman–Crippen LogP) is 3.39. The lowest BCUT2D eigenvalue weighted by Gasteiger charge is -2.11. The van der Waals surface area contributed by atoms with Crippen molar-refractivity contribution in [2.45, 2.75) is 50.3 Å². The van der Waals surface area contributed by atoms with Gasteiger partial charge in [0.25, 0.3) is 0 Å². The molecule has 0 amide bonds. The smallest absolute Gasteiger partial charge is 0.0104 e. The molecular formula is C13H21NS. The van der Waals surface area contributed by atoms with E-state index in [1.54, 1.807) is 0 Å². The fourth-order valence-corrected chi connectivity index (χ4v) is 2.50. The maximum absolute atomic E-state index is 5.79. The quantitative estimate of drug-likeness (QED) is 0.792. The summed E-state index contributed by atoms with van der Waals surface area (Å²) in [7, 11) is 0. The van der Waals surface area contributed by atoms with E-state index in [9.17, 15) is 0 Å². The van der Waals surface area contributed by atoms with Gasteiger partial charge in [0.2, 0.25) is 0 Å². The van der Waals surface area contributed by atoms with Crippen molar-refractivity contribution in [3.8, 4) is 0 Å². The van der Waals surface area contributed by atoms with Gasteiger partial charge >= 0.3 is 0 Å². The third-order valence-electron chi connectivity index (χ3n) is 2.16. The van der Waals surface area contributed by atoms with E-state index < -0.39 is 0 Å². The Morgan fingerprint density at radius 3 is 2.40 bits per heavy atom. The van der Waals surface area contributed by atoms with Crippen LogP contribution >= 0.6 is 11.8 Å². The molecule has 0 aromatic heterocycles. The second-order valence-electron chi connectivity index (χ2n) is 4.45. The second kappa shape index (κ2) is 5.57. The Hall–Kier alpha value is -0.470. The van der Waals surface area contributed by atoms with Gasteiger partial charge in [0, 0.05) is 16.2 Å². The van der Waals surface area contributed by atoms with Crippen molar-refractivity contribution in [2.75, 3.05) is 0 Å². The van der Waals surface area contributed by atoms with Gasteiger partial charge in [-0.25, -0.2) is 0 Å². The van der Waals surface area contributed by atoms with Crippen molar-refractivity contribution < 1.29 is 0 Å². The number of benzene rings is 1. The number of hydrogen-bond donors (Lipinski definition) is 1. The van der Waals surface area contributed by atoms with Gasteiger partial charge in [-0.1, -0.05) is 26.0 Å². The molecule has 0 aliphatic rings. The van der Waals surface area contributed by atoms with E-state index in [1.165, 1.54) is 16.0 Å². The highest BCUT2D eigenvalue weighted by Gasteiger charge is 2.04. The SMILES string of the molecule is Cc1cc(CC(C)N)ccc1SC(C)C. The third-order valence-corrected chi connectivity index (χ3v) is 3.34. The van der Waals surface area contributed by atoms with Gasteiger partial charge in [-0.05, 0) is 37.5 Å². The average molecular weight is 223 g/mol. The highest BCUT2D eigenvalue weighted by atomic mass is 32.2.